The van der Waals surface area contributed by atoms with Gasteiger partial charge in [-0.3, -0.25) is 14.5 Å². The van der Waals surface area contributed by atoms with Gasteiger partial charge in [-0.25, -0.2) is 9.78 Å². The fraction of sp³-hybridized carbons (Fsp3) is 0.464. The molecule has 0 spiro atoms. The number of nitrogens with zero attached hydrogens (tertiary/aromatic N) is 4. The van der Waals surface area contributed by atoms with Gasteiger partial charge < -0.3 is 20.3 Å². The van der Waals surface area contributed by atoms with E-state index in [0.29, 0.717) is 60.8 Å². The van der Waals surface area contributed by atoms with E-state index < -0.39 is 0 Å². The van der Waals surface area contributed by atoms with Gasteiger partial charge in [0.05, 0.1) is 23.9 Å². The Morgan fingerprint density at radius 3 is 2.71 bits per heavy atom. The highest BCUT2D eigenvalue weighted by Crippen LogP contribution is 2.31. The summed E-state index contributed by atoms with van der Waals surface area (Å²) in [6.45, 7) is 8.43. The van der Waals surface area contributed by atoms with E-state index in [1.807, 2.05) is 26.0 Å². The van der Waals surface area contributed by atoms with Crippen LogP contribution in [0, 0.1) is 11.3 Å². The molecule has 10 nitrogen and oxygen atoms in total. The summed E-state index contributed by atoms with van der Waals surface area (Å²) >= 11 is 0. The van der Waals surface area contributed by atoms with E-state index in [1.165, 1.54) is 11.8 Å². The molecule has 3 amide bonds. The number of anilines is 1. The van der Waals surface area contributed by atoms with Crippen LogP contribution in [0.3, 0.4) is 0 Å². The van der Waals surface area contributed by atoms with Gasteiger partial charge in [0.25, 0.3) is 0 Å². The van der Waals surface area contributed by atoms with E-state index in [-0.39, 0.29) is 23.7 Å². The second-order valence-electron chi connectivity index (χ2n) is 9.05. The first-order valence-corrected chi connectivity index (χ1v) is 12.7. The first-order valence-electron chi connectivity index (χ1n) is 12.7. The molecule has 0 fully saturated rings. The Hall–Kier alpha value is -3.97. The van der Waals surface area contributed by atoms with E-state index in [1.54, 1.807) is 38.1 Å². The number of amides is 3. The Balaban J connectivity index is 2.37. The summed E-state index contributed by atoms with van der Waals surface area (Å²) in [5.41, 5.74) is 3.23. The number of hydrogen-bond acceptors (Lipinski definition) is 7. The molecule has 1 aliphatic rings. The topological polar surface area (TPSA) is 128 Å². The average Bonchev–Trinajstić information content (AvgIpc) is 2.91. The fourth-order valence-corrected chi connectivity index (χ4v) is 4.06. The van der Waals surface area contributed by atoms with Crippen LogP contribution in [0.5, 0.6) is 0 Å². The molecule has 2 rings (SSSR count). The maximum Gasteiger partial charge on any atom is 0.327 e. The maximum absolute atomic E-state index is 13.3. The van der Waals surface area contributed by atoms with Crippen molar-refractivity contribution in [2.45, 2.75) is 53.0 Å². The van der Waals surface area contributed by atoms with E-state index >= 15 is 0 Å². The zero-order valence-corrected chi connectivity index (χ0v) is 23.1. The van der Waals surface area contributed by atoms with Crippen molar-refractivity contribution in [1.82, 2.24) is 20.5 Å². The number of rotatable bonds is 11. The lowest BCUT2D eigenvalue weighted by atomic mass is 9.98. The third kappa shape index (κ3) is 7.76. The number of hydrogen-bond donors (Lipinski definition) is 2. The second kappa shape index (κ2) is 14.7. The van der Waals surface area contributed by atoms with Crippen LogP contribution < -0.4 is 15.5 Å². The number of aryl methyl sites for hydroxylation is 1. The van der Waals surface area contributed by atoms with Crippen molar-refractivity contribution in [3.63, 3.8) is 0 Å². The van der Waals surface area contributed by atoms with Gasteiger partial charge in [-0.2, -0.15) is 5.26 Å². The highest BCUT2D eigenvalue weighted by atomic mass is 16.5. The van der Waals surface area contributed by atoms with Gasteiger partial charge in [0, 0.05) is 45.4 Å². The molecule has 1 aromatic rings. The highest BCUT2D eigenvalue weighted by molar-refractivity contribution is 5.94. The minimum absolute atomic E-state index is 0.120. The Bertz CT molecular complexity index is 1160. The fourth-order valence-electron chi connectivity index (χ4n) is 4.06. The van der Waals surface area contributed by atoms with Crippen molar-refractivity contribution in [3.8, 4) is 6.07 Å². The molecule has 0 aromatic carbocycles. The van der Waals surface area contributed by atoms with Gasteiger partial charge in [-0.1, -0.05) is 13.0 Å². The van der Waals surface area contributed by atoms with Crippen LogP contribution in [0.25, 0.3) is 0 Å². The summed E-state index contributed by atoms with van der Waals surface area (Å²) in [5, 5.41) is 15.7. The maximum atomic E-state index is 13.3. The summed E-state index contributed by atoms with van der Waals surface area (Å²) in [6, 6.07) is 3.34. The molecule has 1 unspecified atom stereocenters. The normalized spacial score (nSPS) is 14.8. The molecule has 0 saturated heterocycles. The van der Waals surface area contributed by atoms with Crippen LogP contribution in [0.2, 0.25) is 0 Å². The van der Waals surface area contributed by atoms with Crippen molar-refractivity contribution in [2.75, 3.05) is 38.8 Å². The molecule has 0 radical (unpaired) electrons. The SMILES string of the molecule is CC/C=C/C(C#N)=C(\C=C(/C)NC(=O)N1CCCc2cc(C(C)N(C)C(C)=O)c(C=O)nc21)NCCOC. The molecule has 38 heavy (non-hydrogen) atoms. The molecular weight excluding hydrogens is 484 g/mol. The predicted octanol–water partition coefficient (Wildman–Crippen LogP) is 3.78. The number of methoxy groups -OCH3 is 1. The summed E-state index contributed by atoms with van der Waals surface area (Å²) in [5.74, 6) is 0.313. The molecule has 2 heterocycles. The van der Waals surface area contributed by atoms with Gasteiger partial charge in [-0.05, 0) is 56.9 Å². The van der Waals surface area contributed by atoms with Gasteiger partial charge in [0.2, 0.25) is 5.91 Å². The predicted molar refractivity (Wildman–Crippen MR) is 146 cm³/mol. The smallest absolute Gasteiger partial charge is 0.327 e. The van der Waals surface area contributed by atoms with Crippen LogP contribution >= 0.6 is 0 Å². The molecule has 1 aromatic heterocycles. The van der Waals surface area contributed by atoms with E-state index in [2.05, 4.69) is 21.7 Å². The van der Waals surface area contributed by atoms with Crippen LogP contribution in [0.15, 0.2) is 41.3 Å². The number of nitriles is 1. The highest BCUT2D eigenvalue weighted by Gasteiger charge is 2.28. The van der Waals surface area contributed by atoms with Crippen molar-refractivity contribution in [2.24, 2.45) is 0 Å². The Labute approximate surface area is 225 Å². The third-order valence-corrected chi connectivity index (χ3v) is 6.32. The van der Waals surface area contributed by atoms with Gasteiger partial charge in [-0.15, -0.1) is 0 Å². The van der Waals surface area contributed by atoms with Gasteiger partial charge in [0.1, 0.15) is 17.6 Å². The van der Waals surface area contributed by atoms with E-state index in [0.717, 1.165) is 18.4 Å². The molecule has 2 N–H and O–H groups in total. The van der Waals surface area contributed by atoms with Crippen molar-refractivity contribution in [1.29, 1.82) is 5.26 Å². The minimum Gasteiger partial charge on any atom is -0.383 e. The molecule has 0 saturated carbocycles. The molecule has 1 atom stereocenters. The standard InChI is InChI=1S/C28H38N6O4/c1-7-8-10-23(17-29)25(30-12-14-38-6)15-19(2)31-28(37)34-13-9-11-22-16-24(20(3)33(5)21(4)36)26(18-35)32-27(22)34/h8,10,15-16,18,20,30H,7,9,11-14H2,1-6H3,(H,31,37)/b10-8+,19-15+,25-23-. The quantitative estimate of drug-likeness (QED) is 0.196. The van der Waals surface area contributed by atoms with Crippen molar-refractivity contribution < 1.29 is 19.1 Å². The first kappa shape index (κ1) is 30.3. The Morgan fingerprint density at radius 1 is 1.37 bits per heavy atom. The number of carbonyl (C=O) groups excluding carboxylic acids is 3. The number of aldehydes is 1. The second-order valence-corrected chi connectivity index (χ2v) is 9.05. The van der Waals surface area contributed by atoms with Crippen LogP contribution in [-0.4, -0.2) is 62.0 Å². The lowest BCUT2D eigenvalue weighted by Crippen LogP contribution is -2.43. The lowest BCUT2D eigenvalue weighted by Gasteiger charge is -2.31. The molecule has 0 bridgehead atoms. The molecular formula is C28H38N6O4. The molecule has 10 heteroatoms. The Morgan fingerprint density at radius 2 is 2.11 bits per heavy atom. The monoisotopic (exact) mass is 522 g/mol. The largest absolute Gasteiger partial charge is 0.383 e. The number of pyridine rings is 1. The van der Waals surface area contributed by atoms with Gasteiger partial charge in [0.15, 0.2) is 6.29 Å². The zero-order chi connectivity index (χ0) is 28.2. The summed E-state index contributed by atoms with van der Waals surface area (Å²) in [7, 11) is 3.28. The molecule has 1 aliphatic heterocycles. The summed E-state index contributed by atoms with van der Waals surface area (Å²) in [6.07, 6.45) is 8.22. The number of allylic oxidation sites excluding steroid dienone is 5. The molecule has 204 valence electrons. The average molecular weight is 523 g/mol. The number of urea groups is 1. The Kier molecular flexibility index (Phi) is 11.7. The van der Waals surface area contributed by atoms with E-state index in [9.17, 15) is 19.6 Å². The number of nitrogens with one attached hydrogen (secondary N) is 2. The lowest BCUT2D eigenvalue weighted by molar-refractivity contribution is -0.129. The number of aromatic nitrogens is 1. The van der Waals surface area contributed by atoms with Crippen LogP contribution in [0.1, 0.15) is 68.2 Å². The number of fused-ring (bicyclic) bond motifs is 1. The number of ether oxygens (including phenoxy) is 1. The zero-order valence-electron chi connectivity index (χ0n) is 23.1. The minimum atomic E-state index is -0.385. The van der Waals surface area contributed by atoms with E-state index in [4.69, 9.17) is 4.74 Å². The van der Waals surface area contributed by atoms with Crippen molar-refractivity contribution >= 4 is 24.0 Å². The first-order chi connectivity index (χ1) is 18.2. The number of carbonyl (C=O) groups is 3. The van der Waals surface area contributed by atoms with Crippen LogP contribution in [0.4, 0.5) is 10.6 Å². The van der Waals surface area contributed by atoms with Crippen molar-refractivity contribution in [3.05, 3.63) is 58.1 Å². The summed E-state index contributed by atoms with van der Waals surface area (Å²) < 4.78 is 5.10. The molecule has 0 aliphatic carbocycles. The van der Waals surface area contributed by atoms with Crippen LogP contribution in [-0.2, 0) is 16.0 Å². The van der Waals surface area contributed by atoms with Gasteiger partial charge >= 0.3 is 6.03 Å². The third-order valence-electron chi connectivity index (χ3n) is 6.32. The summed E-state index contributed by atoms with van der Waals surface area (Å²) in [4.78, 5) is 44.7.